The van der Waals surface area contributed by atoms with Gasteiger partial charge in [-0.25, -0.2) is 17.2 Å². The summed E-state index contributed by atoms with van der Waals surface area (Å²) in [5.74, 6) is -1.70. The summed E-state index contributed by atoms with van der Waals surface area (Å²) in [7, 11) is -3.87. The molecule has 2 rings (SSSR count). The van der Waals surface area contributed by atoms with Crippen molar-refractivity contribution in [2.24, 2.45) is 0 Å². The van der Waals surface area contributed by atoms with Crippen LogP contribution in [-0.4, -0.2) is 8.42 Å². The lowest BCUT2D eigenvalue weighted by Gasteiger charge is -2.08. The number of hydrogen-bond acceptors (Lipinski definition) is 2. The van der Waals surface area contributed by atoms with Gasteiger partial charge in [-0.1, -0.05) is 28.1 Å². The number of anilines is 1. The van der Waals surface area contributed by atoms with Crippen molar-refractivity contribution in [1.29, 1.82) is 0 Å². The topological polar surface area (TPSA) is 46.2 Å². The smallest absolute Gasteiger partial charge is 0.261 e. The molecule has 0 aliphatic carbocycles. The minimum Gasteiger partial charge on any atom is -0.279 e. The molecular weight excluding hydrogens is 352 g/mol. The second kappa shape index (κ2) is 5.88. The van der Waals surface area contributed by atoms with E-state index in [1.54, 1.807) is 12.1 Å². The van der Waals surface area contributed by atoms with E-state index in [4.69, 9.17) is 0 Å². The second-order valence-electron chi connectivity index (χ2n) is 4.04. The molecule has 0 saturated carbocycles. The molecule has 0 fully saturated rings. The van der Waals surface area contributed by atoms with Crippen LogP contribution in [0, 0.1) is 11.6 Å². The summed E-state index contributed by atoms with van der Waals surface area (Å²) in [6, 6.07) is 8.64. The molecule has 2 aromatic carbocycles. The third-order valence-corrected chi connectivity index (χ3v) is 4.55. The Morgan fingerprint density at radius 2 is 1.55 bits per heavy atom. The lowest BCUT2D eigenvalue weighted by molar-refractivity contribution is 0.584. The van der Waals surface area contributed by atoms with Crippen LogP contribution in [0.4, 0.5) is 14.5 Å². The van der Waals surface area contributed by atoms with E-state index < -0.39 is 21.7 Å². The lowest BCUT2D eigenvalue weighted by atomic mass is 10.2. The summed E-state index contributed by atoms with van der Waals surface area (Å²) in [6.45, 7) is 0. The van der Waals surface area contributed by atoms with Gasteiger partial charge in [0.15, 0.2) is 0 Å². The van der Waals surface area contributed by atoms with Gasteiger partial charge in [-0.15, -0.1) is 0 Å². The van der Waals surface area contributed by atoms with E-state index in [-0.39, 0.29) is 10.6 Å². The van der Waals surface area contributed by atoms with Gasteiger partial charge in [-0.3, -0.25) is 4.72 Å². The highest BCUT2D eigenvalue weighted by Crippen LogP contribution is 2.19. The molecule has 0 aromatic heterocycles. The van der Waals surface area contributed by atoms with Crippen molar-refractivity contribution in [2.75, 3.05) is 4.72 Å². The Morgan fingerprint density at radius 1 is 1.00 bits per heavy atom. The molecule has 3 nitrogen and oxygen atoms in total. The Labute approximate surface area is 123 Å². The number of halogens is 3. The number of rotatable bonds is 4. The SMILES string of the molecule is O=S(=O)(Nc1cc(F)cc(F)c1)c1ccc(CBr)cc1. The molecule has 0 aliphatic rings. The van der Waals surface area contributed by atoms with Crippen LogP contribution in [0.5, 0.6) is 0 Å². The highest BCUT2D eigenvalue weighted by molar-refractivity contribution is 9.08. The van der Waals surface area contributed by atoms with Gasteiger partial charge in [0, 0.05) is 11.4 Å². The maximum atomic E-state index is 13.0. The fraction of sp³-hybridized carbons (Fsp3) is 0.0769. The third kappa shape index (κ3) is 3.55. The van der Waals surface area contributed by atoms with E-state index in [9.17, 15) is 17.2 Å². The first kappa shape index (κ1) is 14.9. The Balaban J connectivity index is 2.30. The average molecular weight is 362 g/mol. The summed E-state index contributed by atoms with van der Waals surface area (Å²) in [4.78, 5) is 0.0202. The van der Waals surface area contributed by atoms with Crippen LogP contribution >= 0.6 is 15.9 Å². The zero-order valence-corrected chi connectivity index (χ0v) is 12.5. The number of alkyl halides is 1. The van der Waals surface area contributed by atoms with Gasteiger partial charge in [0.1, 0.15) is 11.6 Å². The minimum absolute atomic E-state index is 0.0202. The normalized spacial score (nSPS) is 11.3. The van der Waals surface area contributed by atoms with Gasteiger partial charge in [0.2, 0.25) is 0 Å². The maximum absolute atomic E-state index is 13.0. The van der Waals surface area contributed by atoms with Crippen molar-refractivity contribution in [3.63, 3.8) is 0 Å². The van der Waals surface area contributed by atoms with E-state index in [1.165, 1.54) is 12.1 Å². The van der Waals surface area contributed by atoms with Crippen molar-refractivity contribution in [3.05, 3.63) is 59.7 Å². The molecule has 7 heteroatoms. The molecule has 1 N–H and O–H groups in total. The van der Waals surface area contributed by atoms with Crippen LogP contribution < -0.4 is 4.72 Å². The maximum Gasteiger partial charge on any atom is 0.261 e. The van der Waals surface area contributed by atoms with Crippen LogP contribution in [0.2, 0.25) is 0 Å². The first-order chi connectivity index (χ1) is 9.40. The Bertz CT molecular complexity index is 697. The predicted octanol–water partition coefficient (Wildman–Crippen LogP) is 3.66. The Hall–Kier alpha value is -1.47. The van der Waals surface area contributed by atoms with E-state index in [0.29, 0.717) is 11.4 Å². The molecule has 0 amide bonds. The van der Waals surface area contributed by atoms with Crippen molar-refractivity contribution in [1.82, 2.24) is 0 Å². The summed E-state index contributed by atoms with van der Waals surface area (Å²) < 4.78 is 52.3. The summed E-state index contributed by atoms with van der Waals surface area (Å²) in [6.07, 6.45) is 0. The van der Waals surface area contributed by atoms with Crippen LogP contribution in [-0.2, 0) is 15.4 Å². The molecule has 2 aromatic rings. The minimum atomic E-state index is -3.87. The molecule has 0 unspecified atom stereocenters. The van der Waals surface area contributed by atoms with Gasteiger partial charge in [0.25, 0.3) is 10.0 Å². The fourth-order valence-corrected chi connectivity index (χ4v) is 3.00. The van der Waals surface area contributed by atoms with Crippen LogP contribution in [0.1, 0.15) is 5.56 Å². The van der Waals surface area contributed by atoms with Gasteiger partial charge < -0.3 is 0 Å². The zero-order chi connectivity index (χ0) is 14.8. The van der Waals surface area contributed by atoms with E-state index >= 15 is 0 Å². The second-order valence-corrected chi connectivity index (χ2v) is 6.28. The summed E-state index contributed by atoms with van der Waals surface area (Å²) >= 11 is 3.25. The van der Waals surface area contributed by atoms with Gasteiger partial charge in [-0.05, 0) is 29.8 Å². The molecule has 0 radical (unpaired) electrons. The van der Waals surface area contributed by atoms with E-state index in [2.05, 4.69) is 20.7 Å². The molecule has 106 valence electrons. The predicted molar refractivity (Wildman–Crippen MR) is 76.2 cm³/mol. The van der Waals surface area contributed by atoms with Crippen molar-refractivity contribution in [2.45, 2.75) is 10.2 Å². The molecule has 0 heterocycles. The average Bonchev–Trinajstić information content (AvgIpc) is 2.37. The molecule has 20 heavy (non-hydrogen) atoms. The van der Waals surface area contributed by atoms with Crippen molar-refractivity contribution < 1.29 is 17.2 Å². The van der Waals surface area contributed by atoms with Crippen LogP contribution in [0.3, 0.4) is 0 Å². The van der Waals surface area contributed by atoms with Crippen LogP contribution in [0.15, 0.2) is 47.4 Å². The Kier molecular flexibility index (Phi) is 4.39. The highest BCUT2D eigenvalue weighted by Gasteiger charge is 2.15. The molecular formula is C13H10BrF2NO2S. The third-order valence-electron chi connectivity index (χ3n) is 2.50. The largest absolute Gasteiger partial charge is 0.279 e. The number of benzene rings is 2. The van der Waals surface area contributed by atoms with Gasteiger partial charge >= 0.3 is 0 Å². The highest BCUT2D eigenvalue weighted by atomic mass is 79.9. The summed E-state index contributed by atoms with van der Waals surface area (Å²) in [5, 5.41) is 0.607. The fourth-order valence-electron chi connectivity index (χ4n) is 1.58. The first-order valence-corrected chi connectivity index (χ1v) is 8.15. The molecule has 0 saturated heterocycles. The summed E-state index contributed by atoms with van der Waals surface area (Å²) in [5.41, 5.74) is 0.757. The molecule has 0 aliphatic heterocycles. The molecule has 0 spiro atoms. The zero-order valence-electron chi connectivity index (χ0n) is 10.1. The molecule has 0 bridgehead atoms. The molecule has 0 atom stereocenters. The lowest BCUT2D eigenvalue weighted by Crippen LogP contribution is -2.13. The van der Waals surface area contributed by atoms with E-state index in [1.807, 2.05) is 0 Å². The number of hydrogen-bond donors (Lipinski definition) is 1. The van der Waals surface area contributed by atoms with E-state index in [0.717, 1.165) is 17.7 Å². The first-order valence-electron chi connectivity index (χ1n) is 5.54. The van der Waals surface area contributed by atoms with Gasteiger partial charge in [0.05, 0.1) is 10.6 Å². The van der Waals surface area contributed by atoms with Crippen molar-refractivity contribution >= 4 is 31.6 Å². The Morgan fingerprint density at radius 3 is 2.05 bits per heavy atom. The van der Waals surface area contributed by atoms with Gasteiger partial charge in [-0.2, -0.15) is 0 Å². The number of sulfonamides is 1. The standard InChI is InChI=1S/C13H10BrF2NO2S/c14-8-9-1-3-13(4-2-9)20(18,19)17-12-6-10(15)5-11(16)7-12/h1-7,17H,8H2. The monoisotopic (exact) mass is 361 g/mol. The number of nitrogens with one attached hydrogen (secondary N) is 1. The van der Waals surface area contributed by atoms with Crippen molar-refractivity contribution in [3.8, 4) is 0 Å². The quantitative estimate of drug-likeness (QED) is 0.844. The van der Waals surface area contributed by atoms with Crippen LogP contribution in [0.25, 0.3) is 0 Å².